The lowest BCUT2D eigenvalue weighted by Crippen LogP contribution is -2.43. The Morgan fingerprint density at radius 1 is 1.18 bits per heavy atom. The molecule has 0 saturated heterocycles. The molecule has 0 radical (unpaired) electrons. The SMILES string of the molecule is COc1cncc(NC(=O)c2cnn3c2C(=O)N(c2ccc(C(F)(F)F)cc2)CC3C)c1C. The number of anilines is 2. The van der Waals surface area contributed by atoms with Crippen LogP contribution in [0.5, 0.6) is 5.75 Å². The molecule has 4 rings (SSSR count). The first kappa shape index (κ1) is 22.3. The summed E-state index contributed by atoms with van der Waals surface area (Å²) in [5, 5.41) is 6.92. The molecular weight excluding hydrogens is 439 g/mol. The van der Waals surface area contributed by atoms with Gasteiger partial charge in [-0.05, 0) is 38.1 Å². The Morgan fingerprint density at radius 2 is 1.88 bits per heavy atom. The molecule has 1 unspecified atom stereocenters. The Labute approximate surface area is 187 Å². The number of carbonyl (C=O) groups excluding carboxylic acids is 2. The number of carbonyl (C=O) groups is 2. The minimum Gasteiger partial charge on any atom is -0.495 e. The number of halogens is 3. The van der Waals surface area contributed by atoms with E-state index in [1.807, 2.05) is 0 Å². The number of nitrogens with zero attached hydrogens (tertiary/aromatic N) is 4. The van der Waals surface area contributed by atoms with Gasteiger partial charge in [0.25, 0.3) is 11.8 Å². The molecule has 11 heteroatoms. The van der Waals surface area contributed by atoms with Crippen molar-refractivity contribution < 1.29 is 27.5 Å². The van der Waals surface area contributed by atoms with Crippen LogP contribution in [-0.4, -0.2) is 40.2 Å². The van der Waals surface area contributed by atoms with Crippen LogP contribution in [0.3, 0.4) is 0 Å². The lowest BCUT2D eigenvalue weighted by Gasteiger charge is -2.32. The molecule has 0 spiro atoms. The number of hydrogen-bond donors (Lipinski definition) is 1. The number of rotatable bonds is 4. The van der Waals surface area contributed by atoms with Crippen LogP contribution in [0, 0.1) is 6.92 Å². The summed E-state index contributed by atoms with van der Waals surface area (Å²) in [5.74, 6) is -0.608. The predicted octanol–water partition coefficient (Wildman–Crippen LogP) is 4.09. The van der Waals surface area contributed by atoms with Crippen molar-refractivity contribution >= 4 is 23.2 Å². The van der Waals surface area contributed by atoms with Crippen LogP contribution in [0.4, 0.5) is 24.5 Å². The number of amides is 2. The molecule has 1 atom stereocenters. The van der Waals surface area contributed by atoms with Crippen molar-refractivity contribution in [3.8, 4) is 5.75 Å². The van der Waals surface area contributed by atoms with Crippen LogP contribution in [0.15, 0.2) is 42.9 Å². The summed E-state index contributed by atoms with van der Waals surface area (Å²) in [4.78, 5) is 31.7. The lowest BCUT2D eigenvalue weighted by molar-refractivity contribution is -0.137. The molecule has 0 fully saturated rings. The van der Waals surface area contributed by atoms with Crippen molar-refractivity contribution in [1.82, 2.24) is 14.8 Å². The molecule has 8 nitrogen and oxygen atoms in total. The van der Waals surface area contributed by atoms with Gasteiger partial charge in [-0.15, -0.1) is 0 Å². The van der Waals surface area contributed by atoms with Crippen molar-refractivity contribution in [2.75, 3.05) is 23.9 Å². The van der Waals surface area contributed by atoms with Gasteiger partial charge in [0.2, 0.25) is 0 Å². The van der Waals surface area contributed by atoms with Gasteiger partial charge in [-0.25, -0.2) is 0 Å². The molecule has 172 valence electrons. The fourth-order valence-corrected chi connectivity index (χ4v) is 3.71. The molecule has 2 amide bonds. The van der Waals surface area contributed by atoms with Gasteiger partial charge in [0.05, 0.1) is 48.6 Å². The lowest BCUT2D eigenvalue weighted by atomic mass is 10.1. The average Bonchev–Trinajstić information content (AvgIpc) is 3.23. The van der Waals surface area contributed by atoms with E-state index in [4.69, 9.17) is 4.74 Å². The Morgan fingerprint density at radius 3 is 2.52 bits per heavy atom. The van der Waals surface area contributed by atoms with Crippen LogP contribution in [0.25, 0.3) is 0 Å². The summed E-state index contributed by atoms with van der Waals surface area (Å²) in [6.45, 7) is 3.75. The Balaban J connectivity index is 1.65. The zero-order chi connectivity index (χ0) is 23.9. The first-order chi connectivity index (χ1) is 15.6. The molecule has 0 bridgehead atoms. The number of fused-ring (bicyclic) bond motifs is 1. The summed E-state index contributed by atoms with van der Waals surface area (Å²) >= 11 is 0. The maximum Gasteiger partial charge on any atom is 0.416 e. The molecular formula is C22H20F3N5O3. The molecule has 33 heavy (non-hydrogen) atoms. The topological polar surface area (TPSA) is 89.3 Å². The predicted molar refractivity (Wildman–Crippen MR) is 114 cm³/mol. The third-order valence-corrected chi connectivity index (χ3v) is 5.50. The second-order valence-corrected chi connectivity index (χ2v) is 7.63. The highest BCUT2D eigenvalue weighted by Crippen LogP contribution is 2.33. The number of benzene rings is 1. The summed E-state index contributed by atoms with van der Waals surface area (Å²) in [7, 11) is 1.49. The third kappa shape index (κ3) is 4.01. The summed E-state index contributed by atoms with van der Waals surface area (Å²) < 4.78 is 45.4. The maximum atomic E-state index is 13.3. The number of methoxy groups -OCH3 is 1. The molecule has 0 aliphatic carbocycles. The third-order valence-electron chi connectivity index (χ3n) is 5.50. The van der Waals surface area contributed by atoms with Crippen LogP contribution in [-0.2, 0) is 6.18 Å². The zero-order valence-corrected chi connectivity index (χ0v) is 18.0. The van der Waals surface area contributed by atoms with Gasteiger partial charge in [0, 0.05) is 17.8 Å². The number of hydrogen-bond acceptors (Lipinski definition) is 5. The van der Waals surface area contributed by atoms with Gasteiger partial charge < -0.3 is 15.0 Å². The van der Waals surface area contributed by atoms with Gasteiger partial charge in [-0.1, -0.05) is 0 Å². The molecule has 3 aromatic rings. The molecule has 1 aliphatic heterocycles. The van der Waals surface area contributed by atoms with E-state index < -0.39 is 23.6 Å². The highest BCUT2D eigenvalue weighted by Gasteiger charge is 2.36. The van der Waals surface area contributed by atoms with Gasteiger partial charge in [-0.3, -0.25) is 19.3 Å². The first-order valence-electron chi connectivity index (χ1n) is 9.98. The molecule has 1 aromatic carbocycles. The van der Waals surface area contributed by atoms with Crippen molar-refractivity contribution in [3.63, 3.8) is 0 Å². The van der Waals surface area contributed by atoms with E-state index in [1.165, 1.54) is 47.4 Å². The minimum atomic E-state index is -4.48. The quantitative estimate of drug-likeness (QED) is 0.635. The van der Waals surface area contributed by atoms with Gasteiger partial charge in [0.1, 0.15) is 11.4 Å². The van der Waals surface area contributed by atoms with Gasteiger partial charge in [-0.2, -0.15) is 18.3 Å². The first-order valence-corrected chi connectivity index (χ1v) is 9.98. The second-order valence-electron chi connectivity index (χ2n) is 7.63. The summed E-state index contributed by atoms with van der Waals surface area (Å²) in [5.41, 5.74) is 0.663. The second kappa shape index (κ2) is 8.23. The van der Waals surface area contributed by atoms with E-state index in [-0.39, 0.29) is 23.8 Å². The Hall–Kier alpha value is -3.89. The number of nitrogens with one attached hydrogen (secondary N) is 1. The van der Waals surface area contributed by atoms with Crippen LogP contribution in [0.1, 0.15) is 44.9 Å². The largest absolute Gasteiger partial charge is 0.495 e. The fourth-order valence-electron chi connectivity index (χ4n) is 3.71. The van der Waals surface area contributed by atoms with Crippen molar-refractivity contribution in [3.05, 3.63) is 65.2 Å². The van der Waals surface area contributed by atoms with Crippen molar-refractivity contribution in [2.24, 2.45) is 0 Å². The van der Waals surface area contributed by atoms with E-state index >= 15 is 0 Å². The highest BCUT2D eigenvalue weighted by molar-refractivity contribution is 6.15. The van der Waals surface area contributed by atoms with Crippen LogP contribution >= 0.6 is 0 Å². The van der Waals surface area contributed by atoms with E-state index in [2.05, 4.69) is 15.4 Å². The van der Waals surface area contributed by atoms with Gasteiger partial charge in [0.15, 0.2) is 0 Å². The van der Waals surface area contributed by atoms with Crippen molar-refractivity contribution in [2.45, 2.75) is 26.1 Å². The molecule has 1 N–H and O–H groups in total. The van der Waals surface area contributed by atoms with E-state index in [0.29, 0.717) is 22.7 Å². The normalized spacial score (nSPS) is 15.9. The number of aromatic nitrogens is 3. The number of ether oxygens (including phenoxy) is 1. The Kier molecular flexibility index (Phi) is 5.56. The van der Waals surface area contributed by atoms with Crippen molar-refractivity contribution in [1.29, 1.82) is 0 Å². The van der Waals surface area contributed by atoms with Crippen LogP contribution < -0.4 is 15.0 Å². The number of alkyl halides is 3. The highest BCUT2D eigenvalue weighted by atomic mass is 19.4. The van der Waals surface area contributed by atoms with E-state index in [0.717, 1.165) is 12.1 Å². The van der Waals surface area contributed by atoms with E-state index in [9.17, 15) is 22.8 Å². The number of pyridine rings is 1. The maximum absolute atomic E-state index is 13.3. The van der Waals surface area contributed by atoms with Crippen LogP contribution in [0.2, 0.25) is 0 Å². The molecule has 3 heterocycles. The molecule has 2 aromatic heterocycles. The Bertz CT molecular complexity index is 1220. The minimum absolute atomic E-state index is 0.0469. The smallest absolute Gasteiger partial charge is 0.416 e. The molecule has 0 saturated carbocycles. The average molecular weight is 459 g/mol. The zero-order valence-electron chi connectivity index (χ0n) is 18.0. The molecule has 1 aliphatic rings. The monoisotopic (exact) mass is 459 g/mol. The van der Waals surface area contributed by atoms with Gasteiger partial charge >= 0.3 is 6.18 Å². The fraction of sp³-hybridized carbons (Fsp3) is 0.273. The van der Waals surface area contributed by atoms with E-state index in [1.54, 1.807) is 13.8 Å². The summed E-state index contributed by atoms with van der Waals surface area (Å²) in [6.07, 6.45) is -0.197. The summed E-state index contributed by atoms with van der Waals surface area (Å²) in [6, 6.07) is 4.02. The standard InChI is InChI=1S/C22H20F3N5O3/c1-12-11-29(15-6-4-14(5-7-15)22(23,24)25)21(32)19-16(8-27-30(12)19)20(31)28-17-9-26-10-18(33-3)13(17)2/h4-10,12H,11H2,1-3H3,(H,28,31).